The monoisotopic (exact) mass is 668 g/mol. The molecule has 0 bridgehead atoms. The molecule has 0 saturated carbocycles. The van der Waals surface area contributed by atoms with Gasteiger partial charge in [0.15, 0.2) is 11.5 Å². The highest BCUT2D eigenvalue weighted by Crippen LogP contribution is 2.64. The fourth-order valence-electron chi connectivity index (χ4n) is 8.40. The second-order valence-electron chi connectivity index (χ2n) is 14.2. The Morgan fingerprint density at radius 1 is 0.481 bits per heavy atom. The molecule has 0 spiro atoms. The Morgan fingerprint density at radius 3 is 1.92 bits per heavy atom. The zero-order valence-corrected chi connectivity index (χ0v) is 29.1. The average Bonchev–Trinajstić information content (AvgIpc) is 3.20. The van der Waals surface area contributed by atoms with Gasteiger partial charge in [-0.1, -0.05) is 153 Å². The van der Waals surface area contributed by atoms with Crippen LogP contribution in [0.1, 0.15) is 25.0 Å². The predicted molar refractivity (Wildman–Crippen MR) is 216 cm³/mol. The van der Waals surface area contributed by atoms with Crippen LogP contribution in [-0.2, 0) is 5.41 Å². The lowest BCUT2D eigenvalue weighted by molar-refractivity contribution is 0.471. The first kappa shape index (κ1) is 30.3. The summed E-state index contributed by atoms with van der Waals surface area (Å²) in [4.78, 5) is 4.93. The third-order valence-electron chi connectivity index (χ3n) is 10.8. The number of ether oxygens (including phenoxy) is 1. The van der Waals surface area contributed by atoms with E-state index in [4.69, 9.17) is 4.74 Å². The topological polar surface area (TPSA) is 15.7 Å². The van der Waals surface area contributed by atoms with Gasteiger partial charge in [-0.3, -0.25) is 0 Å². The van der Waals surface area contributed by atoms with Crippen molar-refractivity contribution >= 4 is 44.9 Å². The highest BCUT2D eigenvalue weighted by molar-refractivity contribution is 6.04. The van der Waals surface area contributed by atoms with Crippen LogP contribution in [-0.4, -0.2) is 0 Å². The standard InChI is InChI=1S/C49H36N2O/c1-49(2)40-23-11-12-24-42(40)51-47-39(36-17-7-4-8-18-36)22-14-26-44(47)52-45-32-31-43(46(49)48(45)51)50(41-25-13-20-35-19-9-10-21-38(35)41)37-29-27-34(28-30-37)33-15-5-3-6-16-33/h3-32H,1-2H3. The molecule has 248 valence electrons. The molecule has 0 atom stereocenters. The molecule has 0 radical (unpaired) electrons. The van der Waals surface area contributed by atoms with Crippen molar-refractivity contribution in [2.24, 2.45) is 0 Å². The first-order valence-electron chi connectivity index (χ1n) is 17.9. The Hall–Kier alpha value is -6.58. The van der Waals surface area contributed by atoms with E-state index in [0.717, 1.165) is 51.1 Å². The van der Waals surface area contributed by atoms with Gasteiger partial charge in [-0.05, 0) is 70.1 Å². The van der Waals surface area contributed by atoms with Crippen molar-refractivity contribution in [3.8, 4) is 33.8 Å². The Kier molecular flexibility index (Phi) is 6.84. The van der Waals surface area contributed by atoms with Gasteiger partial charge in [-0.2, -0.15) is 0 Å². The fraction of sp³-hybridized carbons (Fsp3) is 0.0612. The van der Waals surface area contributed by atoms with E-state index in [-0.39, 0.29) is 5.41 Å². The fourth-order valence-corrected chi connectivity index (χ4v) is 8.40. The van der Waals surface area contributed by atoms with E-state index in [9.17, 15) is 0 Å². The minimum absolute atomic E-state index is 0.372. The molecule has 3 nitrogen and oxygen atoms in total. The molecular formula is C49H36N2O. The van der Waals surface area contributed by atoms with Gasteiger partial charge in [-0.15, -0.1) is 0 Å². The maximum absolute atomic E-state index is 6.92. The molecule has 2 aliphatic rings. The van der Waals surface area contributed by atoms with E-state index in [1.165, 1.54) is 38.7 Å². The summed E-state index contributed by atoms with van der Waals surface area (Å²) in [6.45, 7) is 4.72. The van der Waals surface area contributed by atoms with Crippen LogP contribution in [0.2, 0.25) is 0 Å². The Bertz CT molecular complexity index is 2620. The quantitative estimate of drug-likeness (QED) is 0.182. The molecule has 0 aromatic heterocycles. The maximum atomic E-state index is 6.92. The number of benzene rings is 8. The van der Waals surface area contributed by atoms with E-state index in [0.29, 0.717) is 0 Å². The summed E-state index contributed by atoms with van der Waals surface area (Å²) in [5.74, 6) is 1.71. The maximum Gasteiger partial charge on any atom is 0.152 e. The molecule has 0 unspecified atom stereocenters. The van der Waals surface area contributed by atoms with Crippen molar-refractivity contribution in [1.29, 1.82) is 0 Å². The highest BCUT2D eigenvalue weighted by Gasteiger charge is 2.45. The second kappa shape index (κ2) is 11.8. The minimum atomic E-state index is -0.372. The average molecular weight is 669 g/mol. The van der Waals surface area contributed by atoms with Crippen LogP contribution >= 0.6 is 0 Å². The Labute approximate surface area is 304 Å². The molecular weight excluding hydrogens is 633 g/mol. The van der Waals surface area contributed by atoms with E-state index in [1.807, 2.05) is 0 Å². The zero-order valence-electron chi connectivity index (χ0n) is 29.1. The summed E-state index contributed by atoms with van der Waals surface area (Å²) in [5.41, 5.74) is 13.5. The molecule has 10 rings (SSSR count). The van der Waals surface area contributed by atoms with E-state index < -0.39 is 0 Å². The molecule has 0 aliphatic carbocycles. The third kappa shape index (κ3) is 4.59. The van der Waals surface area contributed by atoms with Gasteiger partial charge in [-0.25, -0.2) is 0 Å². The van der Waals surface area contributed by atoms with Gasteiger partial charge < -0.3 is 14.5 Å². The van der Waals surface area contributed by atoms with Crippen LogP contribution in [0, 0.1) is 0 Å². The summed E-state index contributed by atoms with van der Waals surface area (Å²) in [6.07, 6.45) is 0. The minimum Gasteiger partial charge on any atom is -0.453 e. The van der Waals surface area contributed by atoms with Crippen LogP contribution in [0.3, 0.4) is 0 Å². The van der Waals surface area contributed by atoms with Gasteiger partial charge in [0, 0.05) is 27.6 Å². The van der Waals surface area contributed by atoms with Crippen LogP contribution in [0.15, 0.2) is 182 Å². The van der Waals surface area contributed by atoms with Crippen molar-refractivity contribution < 1.29 is 4.74 Å². The molecule has 8 aromatic carbocycles. The molecule has 0 amide bonds. The lowest BCUT2D eigenvalue weighted by Crippen LogP contribution is -2.34. The molecule has 2 aliphatic heterocycles. The number of hydrogen-bond donors (Lipinski definition) is 0. The van der Waals surface area contributed by atoms with Crippen LogP contribution in [0.25, 0.3) is 33.0 Å². The molecule has 3 heteroatoms. The highest BCUT2D eigenvalue weighted by atomic mass is 16.5. The number of rotatable bonds is 5. The van der Waals surface area contributed by atoms with Gasteiger partial charge in [0.05, 0.1) is 28.4 Å². The molecule has 8 aromatic rings. The number of hydrogen-bond acceptors (Lipinski definition) is 3. The van der Waals surface area contributed by atoms with Crippen LogP contribution in [0.4, 0.5) is 34.1 Å². The van der Waals surface area contributed by atoms with Crippen molar-refractivity contribution in [2.45, 2.75) is 19.3 Å². The summed E-state index contributed by atoms with van der Waals surface area (Å²) < 4.78 is 6.92. The smallest absolute Gasteiger partial charge is 0.152 e. The van der Waals surface area contributed by atoms with Crippen LogP contribution in [0.5, 0.6) is 11.5 Å². The second-order valence-corrected chi connectivity index (χ2v) is 14.2. The van der Waals surface area contributed by atoms with Crippen LogP contribution < -0.4 is 14.5 Å². The summed E-state index contributed by atoms with van der Waals surface area (Å²) in [5, 5.41) is 2.40. The molecule has 52 heavy (non-hydrogen) atoms. The normalized spacial score (nSPS) is 13.5. The SMILES string of the molecule is CC1(C)c2ccccc2N2c3c(cccc3-c3ccccc3)Oc3ccc(N(c4ccc(-c5ccccc5)cc4)c4cccc5ccccc45)c1c32. The number of fused-ring (bicyclic) bond motifs is 5. The molecule has 2 heterocycles. The summed E-state index contributed by atoms with van der Waals surface area (Å²) in [7, 11) is 0. The van der Waals surface area contributed by atoms with Crippen molar-refractivity contribution in [3.05, 3.63) is 193 Å². The lowest BCUT2D eigenvalue weighted by atomic mass is 9.72. The number of nitrogens with zero attached hydrogens (tertiary/aromatic N) is 2. The van der Waals surface area contributed by atoms with E-state index >= 15 is 0 Å². The Morgan fingerprint density at radius 2 is 1.12 bits per heavy atom. The first-order valence-corrected chi connectivity index (χ1v) is 17.9. The predicted octanol–water partition coefficient (Wildman–Crippen LogP) is 13.9. The van der Waals surface area contributed by atoms with E-state index in [2.05, 4.69) is 206 Å². The van der Waals surface area contributed by atoms with Gasteiger partial charge >= 0.3 is 0 Å². The Balaban J connectivity index is 1.27. The third-order valence-corrected chi connectivity index (χ3v) is 10.8. The van der Waals surface area contributed by atoms with Gasteiger partial charge in [0.1, 0.15) is 0 Å². The van der Waals surface area contributed by atoms with Crippen molar-refractivity contribution in [1.82, 2.24) is 0 Å². The lowest BCUT2D eigenvalue weighted by Gasteiger charge is -2.47. The number of anilines is 6. The van der Waals surface area contributed by atoms with E-state index in [1.54, 1.807) is 0 Å². The largest absolute Gasteiger partial charge is 0.453 e. The summed E-state index contributed by atoms with van der Waals surface area (Å²) >= 11 is 0. The van der Waals surface area contributed by atoms with Gasteiger partial charge in [0.25, 0.3) is 0 Å². The van der Waals surface area contributed by atoms with Crippen molar-refractivity contribution in [3.63, 3.8) is 0 Å². The van der Waals surface area contributed by atoms with Crippen molar-refractivity contribution in [2.75, 3.05) is 9.80 Å². The zero-order chi connectivity index (χ0) is 34.8. The molecule has 0 fully saturated rings. The van der Waals surface area contributed by atoms with Gasteiger partial charge in [0.2, 0.25) is 0 Å². The summed E-state index contributed by atoms with van der Waals surface area (Å²) in [6, 6.07) is 65.3. The number of para-hydroxylation sites is 2. The molecule has 0 saturated heterocycles. The first-order chi connectivity index (χ1) is 25.6. The molecule has 0 N–H and O–H groups in total.